The molecule has 0 saturated carbocycles. The number of rotatable bonds is 10. The van der Waals surface area contributed by atoms with Crippen molar-refractivity contribution in [2.24, 2.45) is 15.7 Å². The topological polar surface area (TPSA) is 120 Å². The summed E-state index contributed by atoms with van der Waals surface area (Å²) in [7, 11) is 0. The number of aromatic nitrogens is 2. The van der Waals surface area contributed by atoms with Crippen molar-refractivity contribution in [3.8, 4) is 11.5 Å². The number of hydrogen-bond acceptors (Lipinski definition) is 8. The minimum Gasteiger partial charge on any atom is -0.506 e. The van der Waals surface area contributed by atoms with Crippen LogP contribution in [0.2, 0.25) is 0 Å². The molecule has 0 aliphatic rings. The monoisotopic (exact) mass is 384 g/mol. The molecule has 2 rings (SSSR count). The molecule has 4 N–H and O–H groups in total. The Hall–Kier alpha value is -2.84. The molecule has 2 aromatic heterocycles. The number of aliphatic imine (C=N–C) groups is 2. The van der Waals surface area contributed by atoms with Gasteiger partial charge in [-0.15, -0.1) is 0 Å². The summed E-state index contributed by atoms with van der Waals surface area (Å²) < 4.78 is 0. The van der Waals surface area contributed by atoms with Gasteiger partial charge in [0.15, 0.2) is 0 Å². The minimum absolute atomic E-state index is 0.121. The zero-order valence-corrected chi connectivity index (χ0v) is 16.4. The van der Waals surface area contributed by atoms with Crippen LogP contribution in [0.1, 0.15) is 22.8 Å². The van der Waals surface area contributed by atoms with Gasteiger partial charge in [0.25, 0.3) is 0 Å². The molecular weight excluding hydrogens is 356 g/mol. The van der Waals surface area contributed by atoms with Crippen molar-refractivity contribution < 1.29 is 10.2 Å². The molecule has 28 heavy (non-hydrogen) atoms. The number of aromatic hydroxyl groups is 2. The van der Waals surface area contributed by atoms with E-state index in [4.69, 9.17) is 5.73 Å². The minimum atomic E-state index is 0.121. The van der Waals surface area contributed by atoms with Gasteiger partial charge in [-0.25, -0.2) is 9.97 Å². The van der Waals surface area contributed by atoms with E-state index in [1.807, 2.05) is 13.8 Å². The fraction of sp³-hybridized carbons (Fsp3) is 0.400. The lowest BCUT2D eigenvalue weighted by molar-refractivity contribution is 0.298. The summed E-state index contributed by atoms with van der Waals surface area (Å²) >= 11 is 0. The second kappa shape index (κ2) is 11.1. The highest BCUT2D eigenvalue weighted by Crippen LogP contribution is 2.13. The summed E-state index contributed by atoms with van der Waals surface area (Å²) in [5.74, 6) is 0.242. The molecule has 8 heteroatoms. The zero-order valence-electron chi connectivity index (χ0n) is 16.4. The maximum atomic E-state index is 9.78. The van der Waals surface area contributed by atoms with E-state index < -0.39 is 0 Å². The molecule has 0 amide bonds. The Morgan fingerprint density at radius 1 is 0.857 bits per heavy atom. The number of pyridine rings is 2. The number of nitrogens with two attached hydrogens (primary N) is 1. The average molecular weight is 384 g/mol. The van der Waals surface area contributed by atoms with Gasteiger partial charge in [-0.05, 0) is 38.1 Å². The van der Waals surface area contributed by atoms with Crippen LogP contribution >= 0.6 is 0 Å². The molecule has 2 aromatic rings. The van der Waals surface area contributed by atoms with E-state index in [9.17, 15) is 10.2 Å². The molecule has 0 saturated heterocycles. The molecule has 0 bridgehead atoms. The Morgan fingerprint density at radius 2 is 1.32 bits per heavy atom. The Labute approximate surface area is 165 Å². The fourth-order valence-electron chi connectivity index (χ4n) is 2.55. The summed E-state index contributed by atoms with van der Waals surface area (Å²) in [6, 6.07) is 6.73. The van der Waals surface area contributed by atoms with E-state index in [1.165, 1.54) is 0 Å². The Balaban J connectivity index is 1.82. The molecule has 0 spiro atoms. The Morgan fingerprint density at radius 3 is 1.75 bits per heavy atom. The molecule has 0 aromatic carbocycles. The predicted octanol–water partition coefficient (Wildman–Crippen LogP) is 1.30. The van der Waals surface area contributed by atoms with Gasteiger partial charge in [0, 0.05) is 37.6 Å². The third kappa shape index (κ3) is 7.05. The summed E-state index contributed by atoms with van der Waals surface area (Å²) in [6.07, 6.45) is 3.18. The van der Waals surface area contributed by atoms with Crippen molar-refractivity contribution in [1.82, 2.24) is 14.9 Å². The molecule has 0 fully saturated rings. The van der Waals surface area contributed by atoms with Gasteiger partial charge in [-0.3, -0.25) is 14.9 Å². The average Bonchev–Trinajstić information content (AvgIpc) is 2.67. The van der Waals surface area contributed by atoms with E-state index in [1.54, 1.807) is 36.7 Å². The molecule has 150 valence electrons. The summed E-state index contributed by atoms with van der Waals surface area (Å²) in [5.41, 5.74) is 8.29. The van der Waals surface area contributed by atoms with Crippen LogP contribution in [0.3, 0.4) is 0 Å². The van der Waals surface area contributed by atoms with Crippen LogP contribution in [0.5, 0.6) is 11.5 Å². The van der Waals surface area contributed by atoms with Crippen molar-refractivity contribution in [3.63, 3.8) is 0 Å². The first-order valence-corrected chi connectivity index (χ1v) is 9.25. The van der Waals surface area contributed by atoms with E-state index in [2.05, 4.69) is 24.9 Å². The number of hydrogen-bond donors (Lipinski definition) is 3. The van der Waals surface area contributed by atoms with Crippen LogP contribution in [-0.2, 0) is 0 Å². The van der Waals surface area contributed by atoms with Crippen molar-refractivity contribution in [2.45, 2.75) is 13.8 Å². The molecular formula is C20H28N6O2. The van der Waals surface area contributed by atoms with Crippen LogP contribution < -0.4 is 5.73 Å². The van der Waals surface area contributed by atoms with Gasteiger partial charge >= 0.3 is 0 Å². The third-order valence-electron chi connectivity index (χ3n) is 4.05. The van der Waals surface area contributed by atoms with Crippen molar-refractivity contribution >= 4 is 12.4 Å². The second-order valence-electron chi connectivity index (χ2n) is 6.41. The lowest BCUT2D eigenvalue weighted by atomic mass is 10.3. The molecule has 0 aliphatic carbocycles. The van der Waals surface area contributed by atoms with Gasteiger partial charge in [-0.2, -0.15) is 0 Å². The van der Waals surface area contributed by atoms with Crippen LogP contribution in [-0.4, -0.2) is 76.8 Å². The van der Waals surface area contributed by atoms with Crippen molar-refractivity contribution in [1.29, 1.82) is 0 Å². The van der Waals surface area contributed by atoms with E-state index >= 15 is 0 Å². The van der Waals surface area contributed by atoms with Gasteiger partial charge in [0.2, 0.25) is 0 Å². The highest BCUT2D eigenvalue weighted by molar-refractivity contribution is 5.81. The summed E-state index contributed by atoms with van der Waals surface area (Å²) in [5, 5.41) is 19.6. The van der Waals surface area contributed by atoms with E-state index in [0.29, 0.717) is 31.0 Å². The van der Waals surface area contributed by atoms with Crippen LogP contribution in [0.25, 0.3) is 0 Å². The Bertz CT molecular complexity index is 757. The highest BCUT2D eigenvalue weighted by Gasteiger charge is 2.04. The molecule has 8 nitrogen and oxygen atoms in total. The summed E-state index contributed by atoms with van der Waals surface area (Å²) in [4.78, 5) is 19.4. The first-order valence-electron chi connectivity index (χ1n) is 9.25. The van der Waals surface area contributed by atoms with E-state index in [-0.39, 0.29) is 11.5 Å². The van der Waals surface area contributed by atoms with Crippen LogP contribution in [0.4, 0.5) is 0 Å². The summed E-state index contributed by atoms with van der Waals surface area (Å²) in [6.45, 7) is 7.62. The highest BCUT2D eigenvalue weighted by atomic mass is 16.3. The maximum Gasteiger partial charge on any atom is 0.142 e. The molecule has 2 heterocycles. The first-order chi connectivity index (χ1) is 13.5. The normalized spacial score (nSPS) is 11.9. The number of nitrogens with zero attached hydrogens (tertiary/aromatic N) is 5. The molecule has 0 unspecified atom stereocenters. The SMILES string of the molecule is Cc1ccc(O)c(/C=N/CCN(CCN)CC/N=C/c2nc(C)ccc2O)n1. The van der Waals surface area contributed by atoms with Gasteiger partial charge in [0.05, 0.1) is 25.5 Å². The van der Waals surface area contributed by atoms with Gasteiger partial charge < -0.3 is 15.9 Å². The van der Waals surface area contributed by atoms with Crippen LogP contribution in [0.15, 0.2) is 34.3 Å². The van der Waals surface area contributed by atoms with Gasteiger partial charge in [-0.1, -0.05) is 0 Å². The predicted molar refractivity (Wildman–Crippen MR) is 112 cm³/mol. The van der Waals surface area contributed by atoms with Gasteiger partial charge in [0.1, 0.15) is 22.9 Å². The maximum absolute atomic E-state index is 9.78. The van der Waals surface area contributed by atoms with Crippen molar-refractivity contribution in [3.05, 3.63) is 47.0 Å². The molecule has 0 atom stereocenters. The first kappa shape index (κ1) is 21.5. The largest absolute Gasteiger partial charge is 0.506 e. The second-order valence-corrected chi connectivity index (χ2v) is 6.41. The standard InChI is InChI=1S/C20H28N6O2/c1-15-3-5-19(27)17(24-15)13-22-8-11-26(10-7-21)12-9-23-14-18-20(28)6-4-16(2)25-18/h3-6,13-14,27-28H,7-12,21H2,1-2H3/b22-13+,23-14+. The molecule has 0 aliphatic heterocycles. The fourth-order valence-corrected chi connectivity index (χ4v) is 2.55. The smallest absolute Gasteiger partial charge is 0.142 e. The van der Waals surface area contributed by atoms with Crippen molar-refractivity contribution in [2.75, 3.05) is 39.3 Å². The van der Waals surface area contributed by atoms with Crippen LogP contribution in [0, 0.1) is 13.8 Å². The third-order valence-corrected chi connectivity index (χ3v) is 4.05. The Kier molecular flexibility index (Phi) is 8.51. The molecule has 0 radical (unpaired) electrons. The number of aryl methyl sites for hydroxylation is 2. The zero-order chi connectivity index (χ0) is 20.4. The lowest BCUT2D eigenvalue weighted by Gasteiger charge is -2.19. The quantitative estimate of drug-likeness (QED) is 0.531. The lowest BCUT2D eigenvalue weighted by Crippen LogP contribution is -2.33. The van der Waals surface area contributed by atoms with E-state index in [0.717, 1.165) is 31.0 Å².